The van der Waals surface area contributed by atoms with Crippen molar-refractivity contribution in [1.29, 1.82) is 0 Å². The Balaban J connectivity index is 1.76. The predicted octanol–water partition coefficient (Wildman–Crippen LogP) is 1.74. The lowest BCUT2D eigenvalue weighted by Gasteiger charge is -2.00. The molecule has 1 heterocycles. The highest BCUT2D eigenvalue weighted by Crippen LogP contribution is 2.06. The SMILES string of the molecule is CCc1ccc(C=CC(=O)NCCc2ncn[nH]2)cc1. The van der Waals surface area contributed by atoms with E-state index in [4.69, 9.17) is 0 Å². The first-order valence-corrected chi connectivity index (χ1v) is 6.67. The van der Waals surface area contributed by atoms with Gasteiger partial charge in [0.15, 0.2) is 0 Å². The number of nitrogens with one attached hydrogen (secondary N) is 2. The van der Waals surface area contributed by atoms with Crippen LogP contribution in [-0.2, 0) is 17.6 Å². The molecule has 1 aromatic heterocycles. The molecular weight excluding hydrogens is 252 g/mol. The van der Waals surface area contributed by atoms with Crippen LogP contribution in [0.1, 0.15) is 23.9 Å². The number of aromatic nitrogens is 3. The van der Waals surface area contributed by atoms with Crippen LogP contribution in [0, 0.1) is 0 Å². The maximum absolute atomic E-state index is 11.6. The number of hydrogen-bond donors (Lipinski definition) is 2. The molecule has 5 heteroatoms. The molecule has 0 fully saturated rings. The molecule has 5 nitrogen and oxygen atoms in total. The van der Waals surface area contributed by atoms with Gasteiger partial charge in [-0.25, -0.2) is 4.98 Å². The third-order valence-corrected chi connectivity index (χ3v) is 2.94. The van der Waals surface area contributed by atoms with Crippen molar-refractivity contribution < 1.29 is 4.79 Å². The second kappa shape index (κ2) is 7.23. The topological polar surface area (TPSA) is 70.7 Å². The summed E-state index contributed by atoms with van der Waals surface area (Å²) in [6.07, 6.45) is 6.47. The van der Waals surface area contributed by atoms with Gasteiger partial charge in [0.2, 0.25) is 5.91 Å². The molecule has 0 radical (unpaired) electrons. The van der Waals surface area contributed by atoms with E-state index in [0.29, 0.717) is 13.0 Å². The monoisotopic (exact) mass is 270 g/mol. The fourth-order valence-corrected chi connectivity index (χ4v) is 1.75. The van der Waals surface area contributed by atoms with Crippen molar-refractivity contribution in [2.45, 2.75) is 19.8 Å². The van der Waals surface area contributed by atoms with Crippen LogP contribution >= 0.6 is 0 Å². The fraction of sp³-hybridized carbons (Fsp3) is 0.267. The van der Waals surface area contributed by atoms with Crippen LogP contribution in [0.5, 0.6) is 0 Å². The molecular formula is C15H18N4O. The predicted molar refractivity (Wildman–Crippen MR) is 78.0 cm³/mol. The Morgan fingerprint density at radius 2 is 2.15 bits per heavy atom. The molecule has 0 aliphatic carbocycles. The summed E-state index contributed by atoms with van der Waals surface area (Å²) in [5.74, 6) is 0.661. The molecule has 0 aliphatic rings. The van der Waals surface area contributed by atoms with Crippen LogP contribution in [0.15, 0.2) is 36.7 Å². The Morgan fingerprint density at radius 3 is 2.80 bits per heavy atom. The van der Waals surface area contributed by atoms with Crippen LogP contribution in [-0.4, -0.2) is 27.6 Å². The maximum Gasteiger partial charge on any atom is 0.244 e. The van der Waals surface area contributed by atoms with Gasteiger partial charge in [0.25, 0.3) is 0 Å². The van der Waals surface area contributed by atoms with Crippen LogP contribution in [0.25, 0.3) is 6.08 Å². The molecule has 0 saturated heterocycles. The zero-order valence-electron chi connectivity index (χ0n) is 11.5. The molecule has 1 amide bonds. The molecule has 0 atom stereocenters. The van der Waals surface area contributed by atoms with Crippen LogP contribution < -0.4 is 5.32 Å². The average molecular weight is 270 g/mol. The summed E-state index contributed by atoms with van der Waals surface area (Å²) in [5.41, 5.74) is 2.31. The van der Waals surface area contributed by atoms with Gasteiger partial charge in [-0.3, -0.25) is 9.89 Å². The minimum atomic E-state index is -0.107. The number of carbonyl (C=O) groups excluding carboxylic acids is 1. The third-order valence-electron chi connectivity index (χ3n) is 2.94. The highest BCUT2D eigenvalue weighted by molar-refractivity contribution is 5.91. The number of amides is 1. The number of rotatable bonds is 6. The molecule has 2 aromatic rings. The van der Waals surface area contributed by atoms with Crippen molar-refractivity contribution in [2.75, 3.05) is 6.54 Å². The highest BCUT2D eigenvalue weighted by Gasteiger charge is 1.98. The Bertz CT molecular complexity index is 558. The average Bonchev–Trinajstić information content (AvgIpc) is 2.99. The smallest absolute Gasteiger partial charge is 0.244 e. The van der Waals surface area contributed by atoms with Crippen molar-refractivity contribution in [3.8, 4) is 0 Å². The number of carbonyl (C=O) groups is 1. The van der Waals surface area contributed by atoms with E-state index in [2.05, 4.69) is 39.6 Å². The number of benzene rings is 1. The summed E-state index contributed by atoms with van der Waals surface area (Å²) in [5, 5.41) is 9.30. The standard InChI is InChI=1S/C15H18N4O/c1-2-12-3-5-13(6-4-12)7-8-15(20)16-10-9-14-17-11-18-19-14/h3-8,11H,2,9-10H2,1H3,(H,16,20)(H,17,18,19). The lowest BCUT2D eigenvalue weighted by atomic mass is 10.1. The summed E-state index contributed by atoms with van der Waals surface area (Å²) in [7, 11) is 0. The molecule has 0 bridgehead atoms. The molecule has 104 valence electrons. The van der Waals surface area contributed by atoms with E-state index in [0.717, 1.165) is 17.8 Å². The number of aromatic amines is 1. The summed E-state index contributed by atoms with van der Waals surface area (Å²) >= 11 is 0. The van der Waals surface area contributed by atoms with Crippen molar-refractivity contribution in [3.05, 3.63) is 53.6 Å². The van der Waals surface area contributed by atoms with E-state index in [1.54, 1.807) is 6.08 Å². The highest BCUT2D eigenvalue weighted by atomic mass is 16.1. The molecule has 0 saturated carbocycles. The fourth-order valence-electron chi connectivity index (χ4n) is 1.75. The van der Waals surface area contributed by atoms with Gasteiger partial charge in [-0.1, -0.05) is 31.2 Å². The maximum atomic E-state index is 11.6. The van der Waals surface area contributed by atoms with E-state index < -0.39 is 0 Å². The van der Waals surface area contributed by atoms with Gasteiger partial charge in [0.05, 0.1) is 0 Å². The first-order valence-electron chi connectivity index (χ1n) is 6.67. The summed E-state index contributed by atoms with van der Waals surface area (Å²) in [6, 6.07) is 8.16. The minimum absolute atomic E-state index is 0.107. The second-order valence-electron chi connectivity index (χ2n) is 4.40. The van der Waals surface area contributed by atoms with Crippen molar-refractivity contribution in [1.82, 2.24) is 20.5 Å². The van der Waals surface area contributed by atoms with Crippen molar-refractivity contribution in [3.63, 3.8) is 0 Å². The molecule has 0 aliphatic heterocycles. The summed E-state index contributed by atoms with van der Waals surface area (Å²) in [4.78, 5) is 15.6. The van der Waals surface area contributed by atoms with Gasteiger partial charge < -0.3 is 5.32 Å². The minimum Gasteiger partial charge on any atom is -0.352 e. The summed E-state index contributed by atoms with van der Waals surface area (Å²) < 4.78 is 0. The van der Waals surface area contributed by atoms with E-state index in [9.17, 15) is 4.79 Å². The van der Waals surface area contributed by atoms with Crippen LogP contribution in [0.2, 0.25) is 0 Å². The number of nitrogens with zero attached hydrogens (tertiary/aromatic N) is 2. The quantitative estimate of drug-likeness (QED) is 0.785. The van der Waals surface area contributed by atoms with Gasteiger partial charge in [-0.2, -0.15) is 5.10 Å². The van der Waals surface area contributed by atoms with E-state index in [1.807, 2.05) is 18.2 Å². The Labute approximate surface area is 118 Å². The van der Waals surface area contributed by atoms with Gasteiger partial charge in [-0.05, 0) is 23.6 Å². The first kappa shape index (κ1) is 14.0. The molecule has 20 heavy (non-hydrogen) atoms. The largest absolute Gasteiger partial charge is 0.352 e. The number of H-pyrrole nitrogens is 1. The van der Waals surface area contributed by atoms with Crippen LogP contribution in [0.4, 0.5) is 0 Å². The first-order chi connectivity index (χ1) is 9.78. The zero-order chi connectivity index (χ0) is 14.2. The van der Waals surface area contributed by atoms with E-state index >= 15 is 0 Å². The van der Waals surface area contributed by atoms with E-state index in [-0.39, 0.29) is 5.91 Å². The molecule has 2 rings (SSSR count). The van der Waals surface area contributed by atoms with Crippen molar-refractivity contribution in [2.24, 2.45) is 0 Å². The Hall–Kier alpha value is -2.43. The van der Waals surface area contributed by atoms with Gasteiger partial charge in [-0.15, -0.1) is 0 Å². The van der Waals surface area contributed by atoms with Gasteiger partial charge >= 0.3 is 0 Å². The summed E-state index contributed by atoms with van der Waals surface area (Å²) in [6.45, 7) is 2.65. The van der Waals surface area contributed by atoms with Gasteiger partial charge in [0.1, 0.15) is 12.2 Å². The lowest BCUT2D eigenvalue weighted by Crippen LogP contribution is -2.23. The second-order valence-corrected chi connectivity index (χ2v) is 4.40. The van der Waals surface area contributed by atoms with Gasteiger partial charge in [0, 0.05) is 19.0 Å². The molecule has 0 unspecified atom stereocenters. The molecule has 2 N–H and O–H groups in total. The Kier molecular flexibility index (Phi) is 5.06. The van der Waals surface area contributed by atoms with Crippen LogP contribution in [0.3, 0.4) is 0 Å². The van der Waals surface area contributed by atoms with E-state index in [1.165, 1.54) is 11.9 Å². The lowest BCUT2D eigenvalue weighted by molar-refractivity contribution is -0.116. The Morgan fingerprint density at radius 1 is 1.35 bits per heavy atom. The normalized spacial score (nSPS) is 10.8. The molecule has 0 spiro atoms. The number of aryl methyl sites for hydroxylation is 1. The number of hydrogen-bond acceptors (Lipinski definition) is 3. The third kappa shape index (κ3) is 4.35. The zero-order valence-corrected chi connectivity index (χ0v) is 11.5. The molecule has 1 aromatic carbocycles. The van der Waals surface area contributed by atoms with Crippen molar-refractivity contribution >= 4 is 12.0 Å².